The fourth-order valence-corrected chi connectivity index (χ4v) is 5.79. The summed E-state index contributed by atoms with van der Waals surface area (Å²) < 4.78 is 24.6. The van der Waals surface area contributed by atoms with Gasteiger partial charge in [0.25, 0.3) is 0 Å². The number of nitrogens with zero attached hydrogens (tertiary/aromatic N) is 2. The SMILES string of the molecule is CCOc1cc([C@H]2NC(=O)NC(C)=C2C(=O)OC)ccc1OC[C@H](O)N/N=C/c1cc(C)n(-c2ccc(OCc3ccccc3Cl)cc2)c1C. The Morgan fingerprint density at radius 3 is 2.52 bits per heavy atom. The van der Waals surface area contributed by atoms with Crippen molar-refractivity contribution >= 4 is 29.8 Å². The molecule has 4 N–H and O–H groups in total. The number of hydrogen-bond acceptors (Lipinski definition) is 9. The minimum absolute atomic E-state index is 0.142. The lowest BCUT2D eigenvalue weighted by Crippen LogP contribution is -2.45. The Hall–Kier alpha value is -5.46. The summed E-state index contributed by atoms with van der Waals surface area (Å²) in [7, 11) is 1.28. The molecule has 12 nitrogen and oxygen atoms in total. The Morgan fingerprint density at radius 2 is 1.80 bits per heavy atom. The maximum absolute atomic E-state index is 12.5. The molecule has 0 bridgehead atoms. The Balaban J connectivity index is 1.20. The van der Waals surface area contributed by atoms with Gasteiger partial charge < -0.3 is 39.3 Å². The van der Waals surface area contributed by atoms with E-state index in [1.165, 1.54) is 7.11 Å². The highest BCUT2D eigenvalue weighted by atomic mass is 35.5. The average molecular weight is 702 g/mol. The van der Waals surface area contributed by atoms with Crippen LogP contribution in [-0.4, -0.2) is 54.4 Å². The van der Waals surface area contributed by atoms with E-state index in [9.17, 15) is 14.7 Å². The predicted octanol–water partition coefficient (Wildman–Crippen LogP) is 5.85. The highest BCUT2D eigenvalue weighted by Crippen LogP contribution is 2.35. The molecule has 4 aromatic rings. The maximum Gasteiger partial charge on any atom is 0.337 e. The summed E-state index contributed by atoms with van der Waals surface area (Å²) in [6.07, 6.45) is 0.507. The van der Waals surface area contributed by atoms with Crippen LogP contribution in [0, 0.1) is 13.8 Å². The number of nitrogens with one attached hydrogen (secondary N) is 3. The molecule has 0 fully saturated rings. The van der Waals surface area contributed by atoms with Crippen LogP contribution in [-0.2, 0) is 16.1 Å². The number of aliphatic hydroxyl groups excluding tert-OH is 1. The number of aromatic nitrogens is 1. The molecule has 0 radical (unpaired) electrons. The van der Waals surface area contributed by atoms with Crippen LogP contribution in [0.1, 0.15) is 48.0 Å². The molecule has 50 heavy (non-hydrogen) atoms. The zero-order valence-electron chi connectivity index (χ0n) is 28.5. The monoisotopic (exact) mass is 701 g/mol. The number of carbonyl (C=O) groups is 2. The van der Waals surface area contributed by atoms with Crippen molar-refractivity contribution in [1.82, 2.24) is 20.6 Å². The van der Waals surface area contributed by atoms with E-state index >= 15 is 0 Å². The van der Waals surface area contributed by atoms with Crippen LogP contribution in [0.5, 0.6) is 17.2 Å². The Bertz CT molecular complexity index is 1900. The van der Waals surface area contributed by atoms with E-state index < -0.39 is 24.3 Å². The Labute approximate surface area is 295 Å². The summed E-state index contributed by atoms with van der Waals surface area (Å²) in [6.45, 7) is 8.03. The van der Waals surface area contributed by atoms with Gasteiger partial charge in [-0.1, -0.05) is 35.9 Å². The number of aliphatic hydroxyl groups is 1. The smallest absolute Gasteiger partial charge is 0.337 e. The number of ether oxygens (including phenoxy) is 4. The van der Waals surface area contributed by atoms with Crippen LogP contribution >= 0.6 is 11.6 Å². The van der Waals surface area contributed by atoms with Gasteiger partial charge in [-0.3, -0.25) is 5.43 Å². The quantitative estimate of drug-likeness (QED) is 0.0555. The summed E-state index contributed by atoms with van der Waals surface area (Å²) in [5, 5.41) is 20.9. The fraction of sp³-hybridized carbons (Fsp3) is 0.270. The third-order valence-electron chi connectivity index (χ3n) is 8.02. The van der Waals surface area contributed by atoms with Crippen molar-refractivity contribution in [1.29, 1.82) is 0 Å². The fourth-order valence-electron chi connectivity index (χ4n) is 5.60. The van der Waals surface area contributed by atoms with E-state index in [1.807, 2.05) is 75.4 Å². The lowest BCUT2D eigenvalue weighted by Gasteiger charge is -2.28. The lowest BCUT2D eigenvalue weighted by molar-refractivity contribution is -0.136. The number of hydrogen-bond donors (Lipinski definition) is 4. The second-order valence-electron chi connectivity index (χ2n) is 11.5. The molecule has 0 aliphatic carbocycles. The molecule has 262 valence electrons. The number of hydrazone groups is 1. The topological polar surface area (TPSA) is 145 Å². The Kier molecular flexibility index (Phi) is 11.7. The number of benzene rings is 3. The second kappa shape index (κ2) is 16.3. The molecule has 1 aliphatic rings. The molecular weight excluding hydrogens is 662 g/mol. The van der Waals surface area contributed by atoms with Crippen molar-refractivity contribution in [2.75, 3.05) is 20.3 Å². The number of allylic oxidation sites excluding steroid dienone is 1. The van der Waals surface area contributed by atoms with Crippen molar-refractivity contribution in [3.05, 3.63) is 117 Å². The van der Waals surface area contributed by atoms with Gasteiger partial charge in [0.15, 0.2) is 17.7 Å². The van der Waals surface area contributed by atoms with Gasteiger partial charge in [-0.25, -0.2) is 9.59 Å². The van der Waals surface area contributed by atoms with Crippen LogP contribution in [0.4, 0.5) is 4.79 Å². The minimum atomic E-state index is -1.14. The van der Waals surface area contributed by atoms with Crippen molar-refractivity contribution in [3.63, 3.8) is 0 Å². The molecule has 1 aromatic heterocycles. The molecule has 0 unspecified atom stereocenters. The van der Waals surface area contributed by atoms with Crippen molar-refractivity contribution in [2.24, 2.45) is 5.10 Å². The molecule has 1 aliphatic heterocycles. The van der Waals surface area contributed by atoms with Crippen molar-refractivity contribution in [3.8, 4) is 22.9 Å². The highest BCUT2D eigenvalue weighted by molar-refractivity contribution is 6.31. The first-order valence-electron chi connectivity index (χ1n) is 16.0. The minimum Gasteiger partial charge on any atom is -0.490 e. The lowest BCUT2D eigenvalue weighted by atomic mass is 9.95. The van der Waals surface area contributed by atoms with E-state index in [2.05, 4.69) is 25.7 Å². The van der Waals surface area contributed by atoms with E-state index in [4.69, 9.17) is 30.5 Å². The number of esters is 1. The average Bonchev–Trinajstić information content (AvgIpc) is 3.38. The summed E-state index contributed by atoms with van der Waals surface area (Å²) in [4.78, 5) is 24.7. The highest BCUT2D eigenvalue weighted by Gasteiger charge is 2.32. The van der Waals surface area contributed by atoms with E-state index in [1.54, 1.807) is 31.3 Å². The second-order valence-corrected chi connectivity index (χ2v) is 11.9. The molecule has 5 rings (SSSR count). The van der Waals surface area contributed by atoms with Crippen LogP contribution in [0.3, 0.4) is 0 Å². The Morgan fingerprint density at radius 1 is 1.04 bits per heavy atom. The van der Waals surface area contributed by atoms with Crippen LogP contribution in [0.25, 0.3) is 5.69 Å². The summed E-state index contributed by atoms with van der Waals surface area (Å²) in [6, 6.07) is 21.3. The molecule has 0 saturated heterocycles. The molecule has 2 heterocycles. The van der Waals surface area contributed by atoms with E-state index in [0.717, 1.165) is 34.0 Å². The third kappa shape index (κ3) is 8.39. The standard InChI is InChI=1S/C37H40ClN5O7/c1-6-48-32-18-25(35-34(36(45)47-5)23(3)40-37(46)41-35)11-16-31(32)50-21-33(44)42-39-19-27-17-22(2)43(24(27)4)28-12-14-29(15-13-28)49-20-26-9-7-8-10-30(26)38/h7-19,33,35,42,44H,6,20-21H2,1-5H3,(H2,40,41,46)/b39-19+/t33-,35+/m0/s1. The van der Waals surface area contributed by atoms with Gasteiger partial charge in [-0.2, -0.15) is 5.10 Å². The van der Waals surface area contributed by atoms with Crippen LogP contribution < -0.4 is 30.3 Å². The zero-order chi connectivity index (χ0) is 35.8. The van der Waals surface area contributed by atoms with Gasteiger partial charge in [-0.05, 0) is 81.8 Å². The molecule has 3 aromatic carbocycles. The number of amides is 2. The molecular formula is C37H40ClN5O7. The number of methoxy groups -OCH3 is 1. The number of urea groups is 1. The van der Waals surface area contributed by atoms with Gasteiger partial charge in [-0.15, -0.1) is 0 Å². The number of rotatable bonds is 14. The molecule has 0 spiro atoms. The largest absolute Gasteiger partial charge is 0.490 e. The van der Waals surface area contributed by atoms with Gasteiger partial charge in [0.05, 0.1) is 31.5 Å². The normalized spacial score (nSPS) is 14.9. The number of halogens is 1. The molecule has 0 saturated carbocycles. The summed E-state index contributed by atoms with van der Waals surface area (Å²) in [5.74, 6) is 0.908. The van der Waals surface area contributed by atoms with Gasteiger partial charge in [0, 0.05) is 38.9 Å². The molecule has 2 amide bonds. The van der Waals surface area contributed by atoms with Gasteiger partial charge in [0.1, 0.15) is 19.0 Å². The van der Waals surface area contributed by atoms with E-state index in [-0.39, 0.29) is 12.2 Å². The molecule has 13 heteroatoms. The number of aryl methyl sites for hydroxylation is 1. The summed E-state index contributed by atoms with van der Waals surface area (Å²) in [5.41, 5.74) is 8.70. The van der Waals surface area contributed by atoms with Crippen molar-refractivity contribution < 1.29 is 33.6 Å². The first-order valence-corrected chi connectivity index (χ1v) is 16.4. The first kappa shape index (κ1) is 35.8. The van der Waals surface area contributed by atoms with Crippen LogP contribution in [0.2, 0.25) is 5.02 Å². The molecule has 2 atom stereocenters. The van der Waals surface area contributed by atoms with Gasteiger partial charge >= 0.3 is 12.0 Å². The zero-order valence-corrected chi connectivity index (χ0v) is 29.2. The predicted molar refractivity (Wildman–Crippen MR) is 190 cm³/mol. The first-order chi connectivity index (χ1) is 24.1. The van der Waals surface area contributed by atoms with Gasteiger partial charge in [0.2, 0.25) is 0 Å². The van der Waals surface area contributed by atoms with Crippen LogP contribution in [0.15, 0.2) is 89.2 Å². The third-order valence-corrected chi connectivity index (χ3v) is 8.39. The number of carbonyl (C=O) groups excluding carboxylic acids is 2. The van der Waals surface area contributed by atoms with E-state index in [0.29, 0.717) is 41.0 Å². The summed E-state index contributed by atoms with van der Waals surface area (Å²) >= 11 is 6.25. The van der Waals surface area contributed by atoms with Crippen molar-refractivity contribution in [2.45, 2.75) is 46.6 Å². The maximum atomic E-state index is 12.5.